The summed E-state index contributed by atoms with van der Waals surface area (Å²) >= 11 is 3.03. The van der Waals surface area contributed by atoms with E-state index in [1.165, 1.54) is 18.9 Å². The van der Waals surface area contributed by atoms with Crippen LogP contribution in [0.3, 0.4) is 0 Å². The van der Waals surface area contributed by atoms with Crippen LogP contribution < -0.4 is 0 Å². The average Bonchev–Trinajstić information content (AvgIpc) is 2.07. The first-order valence-electron chi connectivity index (χ1n) is 3.67. The Kier molecular flexibility index (Phi) is 2.70. The molecule has 1 unspecified atom stereocenters. The highest BCUT2D eigenvalue weighted by Crippen LogP contribution is 2.15. The first-order chi connectivity index (χ1) is 5.95. The van der Waals surface area contributed by atoms with E-state index in [0.29, 0.717) is 0 Å². The second-order valence-electron chi connectivity index (χ2n) is 2.78. The van der Waals surface area contributed by atoms with Gasteiger partial charge in [0.25, 0.3) is 5.91 Å². The van der Waals surface area contributed by atoms with Crippen LogP contribution in [0.25, 0.3) is 0 Å². The highest BCUT2D eigenvalue weighted by molar-refractivity contribution is 9.09. The zero-order valence-corrected chi connectivity index (χ0v) is 8.87. The van der Waals surface area contributed by atoms with Gasteiger partial charge >= 0.3 is 0 Å². The smallest absolute Gasteiger partial charge is 0.263 e. The number of imide groups is 1. The Bertz CT molecular complexity index is 279. The highest BCUT2D eigenvalue weighted by atomic mass is 79.9. The normalized spacial score (nSPS) is 23.8. The summed E-state index contributed by atoms with van der Waals surface area (Å²) in [4.78, 5) is 35.0. The van der Waals surface area contributed by atoms with Crippen LogP contribution in [0.1, 0.15) is 6.92 Å². The van der Waals surface area contributed by atoms with Gasteiger partial charge in [0, 0.05) is 14.0 Å². The number of amides is 3. The summed E-state index contributed by atoms with van der Waals surface area (Å²) in [5.74, 6) is -1.05. The van der Waals surface area contributed by atoms with Crippen LogP contribution in [0.5, 0.6) is 0 Å². The van der Waals surface area contributed by atoms with Gasteiger partial charge in [-0.3, -0.25) is 19.3 Å². The summed E-state index contributed by atoms with van der Waals surface area (Å²) in [5.41, 5.74) is 0. The number of hydrogen-bond donors (Lipinski definition) is 0. The van der Waals surface area contributed by atoms with Gasteiger partial charge in [0.15, 0.2) is 4.95 Å². The molecule has 0 spiro atoms. The molecular weight excluding hydrogens is 240 g/mol. The number of halogens is 1. The van der Waals surface area contributed by atoms with Crippen LogP contribution in [-0.4, -0.2) is 46.1 Å². The predicted octanol–water partition coefficient (Wildman–Crippen LogP) is -0.446. The quantitative estimate of drug-likeness (QED) is 0.431. The molecule has 1 aliphatic heterocycles. The molecule has 0 aliphatic carbocycles. The minimum Gasteiger partial charge on any atom is -0.323 e. The van der Waals surface area contributed by atoms with Gasteiger partial charge in [-0.05, 0) is 0 Å². The number of likely N-dealkylation sites (N-methyl/N-ethyl adjacent to an activating group) is 1. The fraction of sp³-hybridized carbons (Fsp3) is 0.571. The van der Waals surface area contributed by atoms with E-state index in [0.717, 1.165) is 4.90 Å². The second-order valence-corrected chi connectivity index (χ2v) is 3.65. The molecular formula is C7H9BrN2O3. The monoisotopic (exact) mass is 248 g/mol. The van der Waals surface area contributed by atoms with Crippen LogP contribution in [0.15, 0.2) is 0 Å². The highest BCUT2D eigenvalue weighted by Gasteiger charge is 2.37. The van der Waals surface area contributed by atoms with Gasteiger partial charge in [0.05, 0.1) is 0 Å². The molecule has 72 valence electrons. The van der Waals surface area contributed by atoms with Crippen LogP contribution in [0.4, 0.5) is 0 Å². The van der Waals surface area contributed by atoms with Crippen LogP contribution >= 0.6 is 15.9 Å². The zero-order valence-electron chi connectivity index (χ0n) is 7.28. The van der Waals surface area contributed by atoms with Gasteiger partial charge in [-0.25, -0.2) is 0 Å². The first-order valence-corrected chi connectivity index (χ1v) is 4.58. The molecule has 1 heterocycles. The maximum Gasteiger partial charge on any atom is 0.263 e. The van der Waals surface area contributed by atoms with Crippen LogP contribution in [0, 0.1) is 0 Å². The molecule has 1 aliphatic rings. The van der Waals surface area contributed by atoms with Crippen LogP contribution in [-0.2, 0) is 14.4 Å². The van der Waals surface area contributed by atoms with Crippen molar-refractivity contribution in [3.8, 4) is 0 Å². The topological polar surface area (TPSA) is 57.7 Å². The van der Waals surface area contributed by atoms with E-state index in [4.69, 9.17) is 0 Å². The van der Waals surface area contributed by atoms with Crippen LogP contribution in [0.2, 0.25) is 0 Å². The molecule has 13 heavy (non-hydrogen) atoms. The SMILES string of the molecule is CC(=O)N1CC(=O)N(C)C(Br)C1=O. The molecule has 6 heteroatoms. The maximum absolute atomic E-state index is 11.4. The molecule has 0 radical (unpaired) electrons. The van der Waals surface area contributed by atoms with Gasteiger partial charge in [-0.15, -0.1) is 0 Å². The third-order valence-corrected chi connectivity index (χ3v) is 2.88. The van der Waals surface area contributed by atoms with Crippen molar-refractivity contribution in [2.75, 3.05) is 13.6 Å². The van der Waals surface area contributed by atoms with Crippen molar-refractivity contribution >= 4 is 33.7 Å². The molecule has 0 N–H and O–H groups in total. The lowest BCUT2D eigenvalue weighted by Gasteiger charge is -2.33. The van der Waals surface area contributed by atoms with Crippen molar-refractivity contribution in [1.29, 1.82) is 0 Å². The summed E-state index contributed by atoms with van der Waals surface area (Å²) in [6.07, 6.45) is 0. The lowest BCUT2D eigenvalue weighted by molar-refractivity contribution is -0.156. The predicted molar refractivity (Wildman–Crippen MR) is 47.9 cm³/mol. The molecule has 1 fully saturated rings. The standard InChI is InChI=1S/C7H9BrN2O3/c1-4(11)10-3-5(12)9(2)6(8)7(10)13/h6H,3H2,1-2H3. The van der Waals surface area contributed by atoms with Crippen molar-refractivity contribution in [1.82, 2.24) is 9.80 Å². The summed E-state index contributed by atoms with van der Waals surface area (Å²) in [5, 5.41) is 0. The van der Waals surface area contributed by atoms with E-state index < -0.39 is 16.8 Å². The van der Waals surface area contributed by atoms with Gasteiger partial charge in [0.1, 0.15) is 6.54 Å². The van der Waals surface area contributed by atoms with Gasteiger partial charge in [-0.1, -0.05) is 15.9 Å². The van der Waals surface area contributed by atoms with Crippen molar-refractivity contribution in [2.45, 2.75) is 11.9 Å². The molecule has 1 rings (SSSR count). The summed E-state index contributed by atoms with van der Waals surface area (Å²) in [7, 11) is 1.51. The molecule has 0 aromatic carbocycles. The Balaban J connectivity index is 2.89. The summed E-state index contributed by atoms with van der Waals surface area (Å²) in [6, 6.07) is 0. The molecule has 3 amide bonds. The summed E-state index contributed by atoms with van der Waals surface area (Å²) < 4.78 is 0. The molecule has 0 aromatic heterocycles. The number of nitrogens with zero attached hydrogens (tertiary/aromatic N) is 2. The fourth-order valence-electron chi connectivity index (χ4n) is 1.01. The van der Waals surface area contributed by atoms with E-state index >= 15 is 0 Å². The Labute approximate surface area is 83.8 Å². The Morgan fingerprint density at radius 3 is 2.54 bits per heavy atom. The molecule has 1 saturated heterocycles. The molecule has 0 aromatic rings. The van der Waals surface area contributed by atoms with Crippen molar-refractivity contribution in [3.63, 3.8) is 0 Å². The third-order valence-electron chi connectivity index (χ3n) is 1.88. The van der Waals surface area contributed by atoms with E-state index in [-0.39, 0.29) is 12.5 Å². The van der Waals surface area contributed by atoms with Gasteiger partial charge in [-0.2, -0.15) is 0 Å². The molecule has 1 atom stereocenters. The summed E-state index contributed by atoms with van der Waals surface area (Å²) in [6.45, 7) is 1.10. The zero-order chi connectivity index (χ0) is 10.2. The third kappa shape index (κ3) is 1.72. The minimum absolute atomic E-state index is 0.160. The fourth-order valence-corrected chi connectivity index (χ4v) is 1.49. The number of piperazine rings is 1. The second kappa shape index (κ2) is 3.45. The lowest BCUT2D eigenvalue weighted by atomic mass is 10.3. The Morgan fingerprint density at radius 2 is 2.08 bits per heavy atom. The van der Waals surface area contributed by atoms with Gasteiger partial charge < -0.3 is 4.90 Å². The molecule has 0 saturated carbocycles. The minimum atomic E-state index is -0.724. The van der Waals surface area contributed by atoms with E-state index in [2.05, 4.69) is 15.9 Å². The number of hydrogen-bond acceptors (Lipinski definition) is 3. The van der Waals surface area contributed by atoms with Crippen molar-refractivity contribution < 1.29 is 14.4 Å². The van der Waals surface area contributed by atoms with Gasteiger partial charge in [0.2, 0.25) is 11.8 Å². The van der Waals surface area contributed by atoms with E-state index in [1.807, 2.05) is 0 Å². The first kappa shape index (κ1) is 10.2. The maximum atomic E-state index is 11.4. The molecule has 5 nitrogen and oxygen atoms in total. The molecule has 0 bridgehead atoms. The van der Waals surface area contributed by atoms with E-state index in [1.54, 1.807) is 0 Å². The Morgan fingerprint density at radius 1 is 1.54 bits per heavy atom. The largest absolute Gasteiger partial charge is 0.323 e. The van der Waals surface area contributed by atoms with Crippen molar-refractivity contribution in [3.05, 3.63) is 0 Å². The number of alkyl halides is 1. The number of carbonyl (C=O) groups excluding carboxylic acids is 3. The van der Waals surface area contributed by atoms with E-state index in [9.17, 15) is 14.4 Å². The lowest BCUT2D eigenvalue weighted by Crippen LogP contribution is -2.57. The number of rotatable bonds is 0. The van der Waals surface area contributed by atoms with Crippen molar-refractivity contribution in [2.24, 2.45) is 0 Å². The Hall–Kier alpha value is -0.910. The average molecular weight is 249 g/mol. The number of carbonyl (C=O) groups is 3.